The van der Waals surface area contributed by atoms with Crippen molar-refractivity contribution in [3.63, 3.8) is 0 Å². The first-order valence-corrected chi connectivity index (χ1v) is 18.9. The molecule has 8 rings (SSSR count). The third kappa shape index (κ3) is 6.24. The van der Waals surface area contributed by atoms with Crippen LogP contribution >= 0.6 is 22.6 Å². The smallest absolute Gasteiger partial charge is 0.327 e. The Kier molecular flexibility index (Phi) is 9.85. The molecule has 1 aliphatic carbocycles. The van der Waals surface area contributed by atoms with Crippen LogP contribution in [0.5, 0.6) is 0 Å². The minimum atomic E-state index is -1.50. The van der Waals surface area contributed by atoms with Crippen LogP contribution in [-0.4, -0.2) is 89.6 Å². The normalized spacial score (nSPS) is 27.4. The maximum Gasteiger partial charge on any atom is 0.327 e. The number of rotatable bonds is 11. The fourth-order valence-corrected chi connectivity index (χ4v) is 9.10. The highest BCUT2D eigenvalue weighted by Gasteiger charge is 2.77. The zero-order valence-electron chi connectivity index (χ0n) is 29.0. The van der Waals surface area contributed by atoms with Gasteiger partial charge in [-0.15, -0.1) is 0 Å². The van der Waals surface area contributed by atoms with Crippen LogP contribution < -0.4 is 5.32 Å². The first-order valence-electron chi connectivity index (χ1n) is 17.8. The van der Waals surface area contributed by atoms with Crippen LogP contribution in [0.1, 0.15) is 28.7 Å². The highest BCUT2D eigenvalue weighted by molar-refractivity contribution is 14.1. The molecule has 7 atom stereocenters. The summed E-state index contributed by atoms with van der Waals surface area (Å²) in [7, 11) is 1.60. The van der Waals surface area contributed by atoms with Crippen molar-refractivity contribution < 1.29 is 38.5 Å². The van der Waals surface area contributed by atoms with E-state index in [1.807, 2.05) is 115 Å². The second kappa shape index (κ2) is 14.6. The lowest BCUT2D eigenvalue weighted by Gasteiger charge is -2.50. The summed E-state index contributed by atoms with van der Waals surface area (Å²) in [6, 6.07) is 34.4. The summed E-state index contributed by atoms with van der Waals surface area (Å²) in [4.78, 5) is 51.9. The van der Waals surface area contributed by atoms with E-state index < -0.39 is 65.5 Å². The lowest BCUT2D eigenvalue weighted by Crippen LogP contribution is -2.70. The number of likely N-dealkylation sites (N-methyl/N-ethyl adjacent to an activating group) is 1. The first kappa shape index (κ1) is 35.8. The van der Waals surface area contributed by atoms with Crippen molar-refractivity contribution in [2.24, 2.45) is 5.41 Å². The van der Waals surface area contributed by atoms with Gasteiger partial charge in [-0.3, -0.25) is 19.2 Å². The maximum absolute atomic E-state index is 15.5. The Morgan fingerprint density at radius 2 is 1.53 bits per heavy atom. The van der Waals surface area contributed by atoms with Gasteiger partial charge in [0.2, 0.25) is 17.6 Å². The lowest BCUT2D eigenvalue weighted by molar-refractivity contribution is -0.214. The number of hydrogen-bond donors (Lipinski definition) is 2. The molecule has 53 heavy (non-hydrogen) atoms. The average molecular weight is 830 g/mol. The molecule has 3 aliphatic heterocycles. The molecule has 4 fully saturated rings. The van der Waals surface area contributed by atoms with Crippen LogP contribution in [0.2, 0.25) is 0 Å². The van der Waals surface area contributed by atoms with Gasteiger partial charge in [0.1, 0.15) is 35.9 Å². The number of aliphatic hydroxyl groups is 1. The quantitative estimate of drug-likeness (QED) is 0.171. The zero-order chi connectivity index (χ0) is 36.7. The number of nitrogens with one attached hydrogen (secondary N) is 1. The van der Waals surface area contributed by atoms with Gasteiger partial charge in [-0.05, 0) is 45.9 Å². The van der Waals surface area contributed by atoms with Crippen molar-refractivity contribution in [2.75, 3.05) is 20.2 Å². The Hall–Kier alpha value is -4.18. The van der Waals surface area contributed by atoms with E-state index in [2.05, 4.69) is 27.9 Å². The van der Waals surface area contributed by atoms with Gasteiger partial charge in [-0.1, -0.05) is 103 Å². The van der Waals surface area contributed by atoms with Crippen LogP contribution in [0.4, 0.5) is 0 Å². The van der Waals surface area contributed by atoms with Gasteiger partial charge in [-0.2, -0.15) is 5.06 Å². The van der Waals surface area contributed by atoms with Crippen LogP contribution in [0.3, 0.4) is 0 Å². The SMILES string of the molecule is CN(C(=O)C12CC3OC(=O)C1N(Cc1cccc(I)c1)OC2C1OC(c2ccccc2)(c2ccccc2)OC31)C(Cc1ccccc1)C(=O)NCCO. The number of nitrogens with zero attached hydrogens (tertiary/aromatic N) is 2. The third-order valence-corrected chi connectivity index (χ3v) is 11.5. The van der Waals surface area contributed by atoms with Gasteiger partial charge < -0.3 is 29.5 Å². The van der Waals surface area contributed by atoms with Crippen molar-refractivity contribution in [1.29, 1.82) is 0 Å². The summed E-state index contributed by atoms with van der Waals surface area (Å²) in [6.07, 6.45) is -3.14. The van der Waals surface area contributed by atoms with E-state index in [4.69, 9.17) is 19.0 Å². The number of halogens is 1. The predicted octanol–water partition coefficient (Wildman–Crippen LogP) is 3.95. The molecule has 2 amide bonds. The minimum absolute atomic E-state index is 0.0275. The Balaban J connectivity index is 1.24. The molecule has 0 spiro atoms. The number of carbonyl (C=O) groups excluding carboxylic acids is 3. The van der Waals surface area contributed by atoms with Crippen molar-refractivity contribution in [2.45, 2.75) is 61.7 Å². The highest BCUT2D eigenvalue weighted by atomic mass is 127. The van der Waals surface area contributed by atoms with Gasteiger partial charge >= 0.3 is 5.97 Å². The van der Waals surface area contributed by atoms with E-state index in [-0.39, 0.29) is 32.5 Å². The number of amides is 2. The molecule has 2 bridgehead atoms. The van der Waals surface area contributed by atoms with E-state index in [0.29, 0.717) is 0 Å². The molecular weight excluding hydrogens is 789 g/mol. The molecule has 4 aliphatic rings. The third-order valence-electron chi connectivity index (χ3n) is 10.9. The molecule has 1 saturated carbocycles. The molecule has 0 radical (unpaired) electrons. The van der Waals surface area contributed by atoms with Crippen LogP contribution in [-0.2, 0) is 52.2 Å². The Bertz CT molecular complexity index is 1930. The Labute approximate surface area is 321 Å². The lowest BCUT2D eigenvalue weighted by atomic mass is 9.62. The zero-order valence-corrected chi connectivity index (χ0v) is 31.2. The fraction of sp³-hybridized carbons (Fsp3) is 0.341. The molecule has 4 aromatic rings. The molecule has 274 valence electrons. The number of fused-ring (bicyclic) bond motifs is 4. The summed E-state index contributed by atoms with van der Waals surface area (Å²) >= 11 is 2.24. The number of hydrogen-bond acceptors (Lipinski definition) is 9. The average Bonchev–Trinajstić information content (AvgIpc) is 3.76. The second-order valence-corrected chi connectivity index (χ2v) is 15.2. The van der Waals surface area contributed by atoms with Gasteiger partial charge in [0.15, 0.2) is 6.04 Å². The van der Waals surface area contributed by atoms with Crippen molar-refractivity contribution >= 4 is 40.4 Å². The maximum atomic E-state index is 15.5. The molecule has 3 saturated heterocycles. The molecule has 2 N–H and O–H groups in total. The summed E-state index contributed by atoms with van der Waals surface area (Å²) in [5.74, 6) is -2.84. The van der Waals surface area contributed by atoms with E-state index in [0.717, 1.165) is 25.8 Å². The van der Waals surface area contributed by atoms with E-state index >= 15 is 4.79 Å². The second-order valence-electron chi connectivity index (χ2n) is 14.0. The fourth-order valence-electron chi connectivity index (χ4n) is 8.49. The summed E-state index contributed by atoms with van der Waals surface area (Å²) in [5.41, 5.74) is 1.72. The van der Waals surface area contributed by atoms with Gasteiger partial charge in [0.25, 0.3) is 0 Å². The number of benzene rings is 4. The summed E-state index contributed by atoms with van der Waals surface area (Å²) in [5, 5.41) is 13.9. The van der Waals surface area contributed by atoms with Crippen molar-refractivity contribution in [1.82, 2.24) is 15.3 Å². The van der Waals surface area contributed by atoms with E-state index in [9.17, 15) is 14.7 Å². The monoisotopic (exact) mass is 829 g/mol. The number of ether oxygens (including phenoxy) is 3. The Morgan fingerprint density at radius 3 is 2.17 bits per heavy atom. The summed E-state index contributed by atoms with van der Waals surface area (Å²) < 4.78 is 21.3. The summed E-state index contributed by atoms with van der Waals surface area (Å²) in [6.45, 7) is -0.0311. The first-order chi connectivity index (χ1) is 25.7. The van der Waals surface area contributed by atoms with Crippen LogP contribution in [0.25, 0.3) is 0 Å². The van der Waals surface area contributed by atoms with Gasteiger partial charge in [0.05, 0.1) is 13.2 Å². The molecule has 7 unspecified atom stereocenters. The van der Waals surface area contributed by atoms with Gasteiger partial charge in [0, 0.05) is 41.1 Å². The van der Waals surface area contributed by atoms with E-state index in [1.54, 1.807) is 12.1 Å². The number of hydroxylamine groups is 2. The van der Waals surface area contributed by atoms with Gasteiger partial charge in [-0.25, -0.2) is 0 Å². The van der Waals surface area contributed by atoms with Crippen LogP contribution in [0.15, 0.2) is 115 Å². The number of aliphatic hydroxyl groups excluding tert-OH is 1. The largest absolute Gasteiger partial charge is 0.458 e. The topological polar surface area (TPSA) is 127 Å². The molecule has 11 nitrogen and oxygen atoms in total. The van der Waals surface area contributed by atoms with Crippen LogP contribution in [0, 0.1) is 8.99 Å². The predicted molar refractivity (Wildman–Crippen MR) is 201 cm³/mol. The standard InChI is InChI=1S/C41H40IN3O8/c1-44(31(37(47)43-20-21-46)23-26-12-5-2-6-13-26)39(49)40-24-32-33-34(52-41(51-33,28-15-7-3-8-16-28)29-17-9-4-10-18-29)36(40)53-45(35(40)38(48)50-32)25-27-14-11-19-30(42)22-27/h2-19,22,31-36,46H,20-21,23-25H2,1H3,(H,43,47). The molecule has 0 aromatic heterocycles. The molecular formula is C41H40IN3O8. The number of carbonyl (C=O) groups is 3. The Morgan fingerprint density at radius 1 is 0.906 bits per heavy atom. The van der Waals surface area contributed by atoms with E-state index in [1.165, 1.54) is 4.90 Å². The molecule has 4 aromatic carbocycles. The highest BCUT2D eigenvalue weighted by Crippen LogP contribution is 2.59. The molecule has 3 heterocycles. The van der Waals surface area contributed by atoms with Crippen molar-refractivity contribution in [3.8, 4) is 0 Å². The van der Waals surface area contributed by atoms with Crippen molar-refractivity contribution in [3.05, 3.63) is 141 Å². The minimum Gasteiger partial charge on any atom is -0.458 e. The molecule has 12 heteroatoms. The number of esters is 1.